The van der Waals surface area contributed by atoms with Crippen LogP contribution in [0, 0.1) is 17.5 Å². The van der Waals surface area contributed by atoms with Gasteiger partial charge in [0.1, 0.15) is 34.2 Å². The molecular formula is C21H8F3NO5S. The number of isothiocyanates is 1. The maximum Gasteiger partial charge on any atom is 0.343 e. The molecule has 6 nitrogen and oxygen atoms in total. The van der Waals surface area contributed by atoms with Gasteiger partial charge in [-0.25, -0.2) is 18.0 Å². The minimum Gasteiger partial charge on any atom is -0.508 e. The Morgan fingerprint density at radius 1 is 0.935 bits per heavy atom. The third-order valence-corrected chi connectivity index (χ3v) is 5.26. The molecule has 2 heterocycles. The first-order valence-electron chi connectivity index (χ1n) is 8.66. The van der Waals surface area contributed by atoms with Gasteiger partial charge in [0.2, 0.25) is 0 Å². The number of hydrogen-bond acceptors (Lipinski definition) is 7. The van der Waals surface area contributed by atoms with E-state index in [0.29, 0.717) is 0 Å². The molecule has 31 heavy (non-hydrogen) atoms. The van der Waals surface area contributed by atoms with E-state index in [1.54, 1.807) is 5.16 Å². The number of carbonyl (C=O) groups is 1. The summed E-state index contributed by atoms with van der Waals surface area (Å²) in [5.41, 5.74) is -4.69. The fraction of sp³-hybridized carbons (Fsp3) is 0.0476. The summed E-state index contributed by atoms with van der Waals surface area (Å²) in [6.07, 6.45) is 0. The number of aliphatic imine (C=N–C) groups is 1. The zero-order valence-corrected chi connectivity index (χ0v) is 15.9. The maximum atomic E-state index is 15.6. The van der Waals surface area contributed by atoms with Crippen molar-refractivity contribution in [3.8, 4) is 23.0 Å². The van der Waals surface area contributed by atoms with Crippen LogP contribution in [0.15, 0.2) is 41.4 Å². The number of esters is 1. The number of nitrogens with zero attached hydrogens (tertiary/aromatic N) is 1. The normalized spacial score (nSPS) is 14.7. The molecule has 0 amide bonds. The molecule has 3 aromatic carbocycles. The molecule has 3 aromatic rings. The molecule has 10 heteroatoms. The van der Waals surface area contributed by atoms with Crippen molar-refractivity contribution in [3.63, 3.8) is 0 Å². The van der Waals surface area contributed by atoms with Crippen LogP contribution in [0.3, 0.4) is 0 Å². The lowest BCUT2D eigenvalue weighted by atomic mass is 9.77. The lowest BCUT2D eigenvalue weighted by Crippen LogP contribution is -2.33. The monoisotopic (exact) mass is 443 g/mol. The van der Waals surface area contributed by atoms with E-state index in [4.69, 9.17) is 9.47 Å². The van der Waals surface area contributed by atoms with Gasteiger partial charge in [0.15, 0.2) is 23.1 Å². The largest absolute Gasteiger partial charge is 0.508 e. The van der Waals surface area contributed by atoms with Gasteiger partial charge in [-0.05, 0) is 36.5 Å². The van der Waals surface area contributed by atoms with E-state index in [1.165, 1.54) is 36.4 Å². The number of carbonyl (C=O) groups excluding carboxylic acids is 1. The fourth-order valence-electron chi connectivity index (χ4n) is 3.97. The Labute approximate surface area is 176 Å². The van der Waals surface area contributed by atoms with Crippen LogP contribution in [0.25, 0.3) is 0 Å². The number of thiocarbonyl (C=S) groups is 1. The Hall–Kier alpha value is -3.88. The van der Waals surface area contributed by atoms with Crippen LogP contribution in [-0.4, -0.2) is 21.3 Å². The third kappa shape index (κ3) is 2.37. The van der Waals surface area contributed by atoms with E-state index < -0.39 is 45.8 Å². The smallest absolute Gasteiger partial charge is 0.343 e. The van der Waals surface area contributed by atoms with Crippen molar-refractivity contribution in [2.75, 3.05) is 0 Å². The lowest BCUT2D eigenvalue weighted by molar-refractivity contribution is 0.0216. The Balaban J connectivity index is 1.99. The first-order valence-corrected chi connectivity index (χ1v) is 9.07. The van der Waals surface area contributed by atoms with Gasteiger partial charge in [0, 0.05) is 23.3 Å². The van der Waals surface area contributed by atoms with Gasteiger partial charge in [-0.1, -0.05) is 0 Å². The molecule has 0 saturated carbocycles. The van der Waals surface area contributed by atoms with Crippen molar-refractivity contribution in [2.45, 2.75) is 5.60 Å². The predicted molar refractivity (Wildman–Crippen MR) is 103 cm³/mol. The Morgan fingerprint density at radius 2 is 1.52 bits per heavy atom. The summed E-state index contributed by atoms with van der Waals surface area (Å²) in [6, 6.07) is 7.40. The molecule has 0 atom stereocenters. The van der Waals surface area contributed by atoms with Crippen LogP contribution in [0.1, 0.15) is 27.0 Å². The summed E-state index contributed by atoms with van der Waals surface area (Å²) >= 11 is 4.40. The molecule has 5 rings (SSSR count). The summed E-state index contributed by atoms with van der Waals surface area (Å²) in [5, 5.41) is 21.5. The summed E-state index contributed by atoms with van der Waals surface area (Å²) in [5.74, 6) is -6.62. The number of ether oxygens (including phenoxy) is 2. The molecule has 0 fully saturated rings. The van der Waals surface area contributed by atoms with Crippen molar-refractivity contribution in [2.24, 2.45) is 4.99 Å². The molecule has 2 aliphatic rings. The number of rotatable bonds is 1. The zero-order chi connectivity index (χ0) is 22.1. The lowest BCUT2D eigenvalue weighted by Gasteiger charge is -2.36. The summed E-state index contributed by atoms with van der Waals surface area (Å²) in [4.78, 5) is 16.0. The number of halogens is 3. The number of benzene rings is 3. The van der Waals surface area contributed by atoms with Gasteiger partial charge in [0.05, 0.1) is 10.7 Å². The first kappa shape index (κ1) is 19.1. The van der Waals surface area contributed by atoms with Crippen LogP contribution >= 0.6 is 12.2 Å². The fourth-order valence-corrected chi connectivity index (χ4v) is 4.06. The Morgan fingerprint density at radius 3 is 2.06 bits per heavy atom. The molecule has 0 aromatic heterocycles. The van der Waals surface area contributed by atoms with E-state index in [1.807, 2.05) is 0 Å². The number of fused-ring (bicyclic) bond motifs is 6. The number of phenolic OH excluding ortho intramolecular Hbond substituents is 2. The molecule has 0 saturated heterocycles. The van der Waals surface area contributed by atoms with E-state index in [0.717, 1.165) is 0 Å². The Kier molecular flexibility index (Phi) is 3.89. The van der Waals surface area contributed by atoms with Gasteiger partial charge < -0.3 is 19.7 Å². The van der Waals surface area contributed by atoms with Crippen LogP contribution in [-0.2, 0) is 10.3 Å². The second-order valence-corrected chi connectivity index (χ2v) is 6.96. The third-order valence-electron chi connectivity index (χ3n) is 5.17. The average molecular weight is 443 g/mol. The van der Waals surface area contributed by atoms with Crippen LogP contribution in [0.2, 0.25) is 0 Å². The van der Waals surface area contributed by atoms with Crippen LogP contribution in [0.4, 0.5) is 18.9 Å². The quantitative estimate of drug-likeness (QED) is 0.243. The highest BCUT2D eigenvalue weighted by Gasteiger charge is 2.57. The van der Waals surface area contributed by atoms with Gasteiger partial charge in [-0.2, -0.15) is 4.99 Å². The minimum absolute atomic E-state index is 0.0396. The van der Waals surface area contributed by atoms with Crippen molar-refractivity contribution in [1.29, 1.82) is 0 Å². The summed E-state index contributed by atoms with van der Waals surface area (Å²) in [7, 11) is 0. The highest BCUT2D eigenvalue weighted by Crippen LogP contribution is 2.58. The van der Waals surface area contributed by atoms with E-state index in [-0.39, 0.29) is 34.1 Å². The molecule has 2 N–H and O–H groups in total. The van der Waals surface area contributed by atoms with Gasteiger partial charge >= 0.3 is 5.97 Å². The average Bonchev–Trinajstić information content (AvgIpc) is 3.02. The van der Waals surface area contributed by atoms with Crippen molar-refractivity contribution in [3.05, 3.63) is 76.1 Å². The SMILES string of the molecule is O=C1OC2(c3ccc(O)cc3Oc3cc(O)ccc32)c2c(F)c(N=C=S)c(F)c(F)c21. The molecule has 0 bridgehead atoms. The topological polar surface area (TPSA) is 88.4 Å². The molecule has 0 radical (unpaired) electrons. The molecule has 1 spiro atoms. The highest BCUT2D eigenvalue weighted by molar-refractivity contribution is 7.78. The standard InChI is InChI=1S/C21H8F3NO5S/c22-16-14-15(17(23)19(18(16)24)25-7-31)21(30-20(14)28)10-3-1-8(26)5-12(10)29-13-6-9(27)2-4-11(13)21/h1-6,26-27H. The van der Waals surface area contributed by atoms with Gasteiger partial charge in [-0.3, -0.25) is 0 Å². The maximum absolute atomic E-state index is 15.6. The summed E-state index contributed by atoms with van der Waals surface area (Å²) in [6.45, 7) is 0. The molecule has 154 valence electrons. The number of aromatic hydroxyl groups is 2. The molecule has 0 aliphatic carbocycles. The van der Waals surface area contributed by atoms with E-state index in [2.05, 4.69) is 17.2 Å². The minimum atomic E-state index is -2.11. The van der Waals surface area contributed by atoms with Crippen molar-refractivity contribution >= 4 is 29.0 Å². The number of hydrogen-bond donors (Lipinski definition) is 2. The first-order chi connectivity index (χ1) is 14.8. The molecule has 0 unspecified atom stereocenters. The van der Waals surface area contributed by atoms with Crippen LogP contribution < -0.4 is 4.74 Å². The predicted octanol–water partition coefficient (Wildman–Crippen LogP) is 4.82. The van der Waals surface area contributed by atoms with E-state index >= 15 is 4.39 Å². The van der Waals surface area contributed by atoms with Gasteiger partial charge in [-0.15, -0.1) is 0 Å². The highest BCUT2D eigenvalue weighted by atomic mass is 32.1. The van der Waals surface area contributed by atoms with Crippen LogP contribution in [0.5, 0.6) is 23.0 Å². The summed E-state index contributed by atoms with van der Waals surface area (Å²) < 4.78 is 56.1. The van der Waals surface area contributed by atoms with Crippen molar-refractivity contribution < 1.29 is 37.7 Å². The zero-order valence-electron chi connectivity index (χ0n) is 15.1. The Bertz CT molecular complexity index is 1330. The second-order valence-electron chi connectivity index (χ2n) is 6.78. The number of phenols is 2. The molecule has 2 aliphatic heterocycles. The molecular weight excluding hydrogens is 435 g/mol. The second kappa shape index (κ2) is 6.31. The van der Waals surface area contributed by atoms with E-state index in [9.17, 15) is 23.8 Å². The van der Waals surface area contributed by atoms with Crippen molar-refractivity contribution in [1.82, 2.24) is 0 Å². The van der Waals surface area contributed by atoms with Gasteiger partial charge in [0.25, 0.3) is 0 Å².